The third-order valence-corrected chi connectivity index (χ3v) is 6.84. The molecule has 5 rings (SSSR count). The molecule has 0 unspecified atom stereocenters. The number of hydrogen-bond donors (Lipinski definition) is 0. The predicted octanol–water partition coefficient (Wildman–Crippen LogP) is 3.76. The fourth-order valence-corrected chi connectivity index (χ4v) is 5.04. The van der Waals surface area contributed by atoms with Crippen LogP contribution in [0.5, 0.6) is 0 Å². The summed E-state index contributed by atoms with van der Waals surface area (Å²) in [5.74, 6) is -0.243. The number of fused-ring (bicyclic) bond motifs is 3. The van der Waals surface area contributed by atoms with Crippen LogP contribution in [0.25, 0.3) is 11.3 Å². The zero-order valence-electron chi connectivity index (χ0n) is 15.8. The molecule has 0 radical (unpaired) electrons. The van der Waals surface area contributed by atoms with Gasteiger partial charge in [-0.2, -0.15) is 11.3 Å². The van der Waals surface area contributed by atoms with E-state index in [4.69, 9.17) is 9.47 Å². The summed E-state index contributed by atoms with van der Waals surface area (Å²) in [5.41, 5.74) is 3.68. The average molecular weight is 398 g/mol. The van der Waals surface area contributed by atoms with Gasteiger partial charge in [0.05, 0.1) is 18.3 Å². The van der Waals surface area contributed by atoms with E-state index in [0.29, 0.717) is 12.1 Å². The Hall–Kier alpha value is -2.25. The third-order valence-electron chi connectivity index (χ3n) is 6.16. The van der Waals surface area contributed by atoms with Gasteiger partial charge in [0.25, 0.3) is 0 Å². The molecule has 6 nitrogen and oxygen atoms in total. The van der Waals surface area contributed by atoms with Crippen LogP contribution < -0.4 is 0 Å². The molecule has 28 heavy (non-hydrogen) atoms. The number of esters is 1. The summed E-state index contributed by atoms with van der Waals surface area (Å²) in [4.78, 5) is 12.1. The fraction of sp³-hybridized carbons (Fsp3) is 0.476. The highest BCUT2D eigenvalue weighted by Gasteiger charge is 2.61. The van der Waals surface area contributed by atoms with Gasteiger partial charge in [-0.15, -0.1) is 5.10 Å². The lowest BCUT2D eigenvalue weighted by Crippen LogP contribution is -2.29. The average Bonchev–Trinajstić information content (AvgIpc) is 3.12. The van der Waals surface area contributed by atoms with Crippen molar-refractivity contribution in [1.82, 2.24) is 15.0 Å². The van der Waals surface area contributed by atoms with E-state index in [-0.39, 0.29) is 29.7 Å². The Morgan fingerprint density at radius 3 is 3.18 bits per heavy atom. The molecule has 2 aromatic rings. The Labute approximate surface area is 167 Å². The van der Waals surface area contributed by atoms with Crippen LogP contribution in [0.15, 0.2) is 46.8 Å². The van der Waals surface area contributed by atoms with Crippen LogP contribution in [0.1, 0.15) is 32.6 Å². The quantitative estimate of drug-likeness (QED) is 0.341. The smallest absolute Gasteiger partial charge is 0.334 e. The van der Waals surface area contributed by atoms with Crippen molar-refractivity contribution in [2.75, 3.05) is 0 Å². The van der Waals surface area contributed by atoms with Crippen LogP contribution >= 0.6 is 11.3 Å². The number of thiophene rings is 1. The SMILES string of the molecule is C=C1C(=O)O[C@H]2[C@H]1CC/C(Cn1cc(-c3ccsc3)nn1)=C\CC[C@@]1(C)O[C@@H]21. The van der Waals surface area contributed by atoms with Gasteiger partial charge in [0, 0.05) is 22.4 Å². The van der Waals surface area contributed by atoms with Crippen LogP contribution in [-0.2, 0) is 20.8 Å². The Morgan fingerprint density at radius 1 is 1.46 bits per heavy atom. The summed E-state index contributed by atoms with van der Waals surface area (Å²) in [5, 5.41) is 12.7. The molecule has 0 bridgehead atoms. The van der Waals surface area contributed by atoms with Gasteiger partial charge < -0.3 is 9.47 Å². The molecule has 7 heteroatoms. The van der Waals surface area contributed by atoms with Crippen molar-refractivity contribution in [3.05, 3.63) is 46.8 Å². The molecule has 2 saturated heterocycles. The molecule has 2 fully saturated rings. The Balaban J connectivity index is 1.34. The minimum atomic E-state index is -0.269. The van der Waals surface area contributed by atoms with E-state index >= 15 is 0 Å². The third kappa shape index (κ3) is 3.12. The van der Waals surface area contributed by atoms with E-state index in [0.717, 1.165) is 36.9 Å². The minimum Gasteiger partial charge on any atom is -0.455 e. The van der Waals surface area contributed by atoms with Crippen LogP contribution in [0.4, 0.5) is 0 Å². The number of hydrogen-bond acceptors (Lipinski definition) is 6. The van der Waals surface area contributed by atoms with Crippen LogP contribution in [0, 0.1) is 5.92 Å². The van der Waals surface area contributed by atoms with Crippen LogP contribution in [0.3, 0.4) is 0 Å². The lowest BCUT2D eigenvalue weighted by Gasteiger charge is -2.20. The monoisotopic (exact) mass is 397 g/mol. The number of carbonyl (C=O) groups excluding carboxylic acids is 1. The summed E-state index contributed by atoms with van der Waals surface area (Å²) >= 11 is 1.65. The van der Waals surface area contributed by atoms with E-state index in [1.54, 1.807) is 11.3 Å². The molecule has 2 aliphatic heterocycles. The van der Waals surface area contributed by atoms with E-state index in [1.807, 2.05) is 16.3 Å². The number of ether oxygens (including phenoxy) is 2. The predicted molar refractivity (Wildman–Crippen MR) is 106 cm³/mol. The summed E-state index contributed by atoms with van der Waals surface area (Å²) in [6.45, 7) is 6.81. The molecule has 146 valence electrons. The summed E-state index contributed by atoms with van der Waals surface area (Å²) in [6, 6.07) is 2.05. The molecule has 4 atom stereocenters. The molecule has 0 saturated carbocycles. The van der Waals surface area contributed by atoms with Crippen molar-refractivity contribution in [2.24, 2.45) is 5.92 Å². The maximum absolute atomic E-state index is 12.1. The molecular weight excluding hydrogens is 374 g/mol. The number of rotatable bonds is 3. The molecule has 3 aliphatic rings. The van der Waals surface area contributed by atoms with Gasteiger partial charge in [0.1, 0.15) is 17.9 Å². The van der Waals surface area contributed by atoms with Crippen molar-refractivity contribution >= 4 is 17.3 Å². The highest BCUT2D eigenvalue weighted by Crippen LogP contribution is 2.49. The van der Waals surface area contributed by atoms with Crippen molar-refractivity contribution < 1.29 is 14.3 Å². The number of epoxide rings is 1. The second-order valence-electron chi connectivity index (χ2n) is 8.11. The molecule has 2 aromatic heterocycles. The first-order valence-electron chi connectivity index (χ1n) is 9.72. The first-order valence-corrected chi connectivity index (χ1v) is 10.7. The lowest BCUT2D eigenvalue weighted by molar-refractivity contribution is -0.140. The highest BCUT2D eigenvalue weighted by molar-refractivity contribution is 7.08. The standard InChI is InChI=1S/C21H23N3O3S/c1-13-16-6-5-14(10-24-11-17(22-23-24)15-7-9-28-12-15)4-3-8-21(2)19(27-21)18(16)26-20(13)25/h4,7,9,11-12,16,18-19H,1,3,5-6,8,10H2,2H3/b14-4+/t16-,18-,19-,21+/m0/s1. The van der Waals surface area contributed by atoms with E-state index in [1.165, 1.54) is 5.57 Å². The van der Waals surface area contributed by atoms with Gasteiger partial charge in [0.15, 0.2) is 0 Å². The topological polar surface area (TPSA) is 69.5 Å². The fourth-order valence-electron chi connectivity index (χ4n) is 4.39. The molecule has 0 amide bonds. The highest BCUT2D eigenvalue weighted by atomic mass is 32.1. The summed E-state index contributed by atoms with van der Waals surface area (Å²) in [6.07, 6.45) is 7.69. The molecule has 0 aromatic carbocycles. The molecule has 1 aliphatic carbocycles. The minimum absolute atomic E-state index is 0.000801. The molecule has 0 spiro atoms. The normalized spacial score (nSPS) is 34.2. The van der Waals surface area contributed by atoms with E-state index in [2.05, 4.69) is 41.3 Å². The van der Waals surface area contributed by atoms with Gasteiger partial charge in [-0.05, 0) is 44.1 Å². The van der Waals surface area contributed by atoms with Gasteiger partial charge in [0.2, 0.25) is 0 Å². The summed E-state index contributed by atoms with van der Waals surface area (Å²) < 4.78 is 13.5. The Bertz CT molecular complexity index is 948. The second kappa shape index (κ2) is 6.67. The number of aromatic nitrogens is 3. The number of nitrogens with zero attached hydrogens (tertiary/aromatic N) is 3. The van der Waals surface area contributed by atoms with Crippen molar-refractivity contribution in [2.45, 2.75) is 57.0 Å². The Kier molecular flexibility index (Phi) is 4.25. The molecular formula is C21H23N3O3S. The van der Waals surface area contributed by atoms with Crippen molar-refractivity contribution in [3.8, 4) is 11.3 Å². The largest absolute Gasteiger partial charge is 0.455 e. The Morgan fingerprint density at radius 2 is 2.36 bits per heavy atom. The first kappa shape index (κ1) is 17.8. The second-order valence-corrected chi connectivity index (χ2v) is 8.89. The van der Waals surface area contributed by atoms with E-state index < -0.39 is 0 Å². The molecule has 4 heterocycles. The van der Waals surface area contributed by atoms with E-state index in [9.17, 15) is 4.79 Å². The van der Waals surface area contributed by atoms with Gasteiger partial charge >= 0.3 is 5.97 Å². The number of carbonyl (C=O) groups is 1. The molecule has 0 N–H and O–H groups in total. The first-order chi connectivity index (χ1) is 13.5. The number of allylic oxidation sites excluding steroid dienone is 2. The zero-order chi connectivity index (χ0) is 19.3. The lowest BCUT2D eigenvalue weighted by atomic mass is 9.84. The summed E-state index contributed by atoms with van der Waals surface area (Å²) in [7, 11) is 0. The van der Waals surface area contributed by atoms with Crippen LogP contribution in [0.2, 0.25) is 0 Å². The van der Waals surface area contributed by atoms with Crippen molar-refractivity contribution in [1.29, 1.82) is 0 Å². The van der Waals surface area contributed by atoms with Gasteiger partial charge in [-0.25, -0.2) is 9.48 Å². The van der Waals surface area contributed by atoms with Crippen LogP contribution in [-0.4, -0.2) is 38.8 Å². The van der Waals surface area contributed by atoms with Crippen molar-refractivity contribution in [3.63, 3.8) is 0 Å². The van der Waals surface area contributed by atoms with Gasteiger partial charge in [-0.1, -0.05) is 23.4 Å². The zero-order valence-corrected chi connectivity index (χ0v) is 16.7. The maximum atomic E-state index is 12.1. The van der Waals surface area contributed by atoms with Gasteiger partial charge in [-0.3, -0.25) is 0 Å². The maximum Gasteiger partial charge on any atom is 0.334 e.